The van der Waals surface area contributed by atoms with Crippen molar-refractivity contribution in [1.29, 1.82) is 0 Å². The smallest absolute Gasteiger partial charge is 0.407 e. The Morgan fingerprint density at radius 1 is 1.16 bits per heavy atom. The van der Waals surface area contributed by atoms with E-state index in [1.54, 1.807) is 6.07 Å². The van der Waals surface area contributed by atoms with E-state index in [0.29, 0.717) is 18.5 Å². The lowest BCUT2D eigenvalue weighted by molar-refractivity contribution is 0.0697. The molecule has 0 spiro atoms. The summed E-state index contributed by atoms with van der Waals surface area (Å²) in [5.41, 5.74) is 1.57. The van der Waals surface area contributed by atoms with Crippen LogP contribution in [0.5, 0.6) is 0 Å². The number of rotatable bonds is 5. The summed E-state index contributed by atoms with van der Waals surface area (Å²) in [5.74, 6) is 4.66. The fourth-order valence-electron chi connectivity index (χ4n) is 1.93. The van der Waals surface area contributed by atoms with E-state index >= 15 is 0 Å². The van der Waals surface area contributed by atoms with Crippen LogP contribution in [0, 0.1) is 11.8 Å². The summed E-state index contributed by atoms with van der Waals surface area (Å²) >= 11 is 5.87. The minimum atomic E-state index is -1.08. The molecule has 0 saturated heterocycles. The maximum Gasteiger partial charge on any atom is 0.407 e. The SMILES string of the molecule is O=C(NCCC#Cc1ccc(C(=O)O)c(Cl)c1)OCc1ccccc1. The van der Waals surface area contributed by atoms with Gasteiger partial charge in [-0.3, -0.25) is 0 Å². The molecule has 0 fully saturated rings. The van der Waals surface area contributed by atoms with Gasteiger partial charge in [0.2, 0.25) is 0 Å². The molecule has 0 bridgehead atoms. The van der Waals surface area contributed by atoms with Gasteiger partial charge < -0.3 is 15.2 Å². The molecule has 128 valence electrons. The van der Waals surface area contributed by atoms with Crippen molar-refractivity contribution in [2.75, 3.05) is 6.54 Å². The number of nitrogens with one attached hydrogen (secondary N) is 1. The van der Waals surface area contributed by atoms with Crippen molar-refractivity contribution in [2.45, 2.75) is 13.0 Å². The van der Waals surface area contributed by atoms with Crippen molar-refractivity contribution in [2.24, 2.45) is 0 Å². The Balaban J connectivity index is 1.72. The molecule has 0 radical (unpaired) electrons. The van der Waals surface area contributed by atoms with E-state index < -0.39 is 12.1 Å². The molecule has 2 aromatic carbocycles. The molecule has 0 unspecified atom stereocenters. The maximum absolute atomic E-state index is 11.5. The number of carbonyl (C=O) groups is 2. The van der Waals surface area contributed by atoms with E-state index in [-0.39, 0.29) is 17.2 Å². The average molecular weight is 358 g/mol. The number of aromatic carboxylic acids is 1. The van der Waals surface area contributed by atoms with Gasteiger partial charge in [-0.25, -0.2) is 9.59 Å². The molecule has 0 atom stereocenters. The van der Waals surface area contributed by atoms with Gasteiger partial charge in [0, 0.05) is 18.5 Å². The summed E-state index contributed by atoms with van der Waals surface area (Å²) < 4.78 is 5.07. The number of alkyl carbamates (subject to hydrolysis) is 1. The number of amides is 1. The highest BCUT2D eigenvalue weighted by Gasteiger charge is 2.07. The summed E-state index contributed by atoms with van der Waals surface area (Å²) in [7, 11) is 0. The van der Waals surface area contributed by atoms with Crippen molar-refractivity contribution < 1.29 is 19.4 Å². The topological polar surface area (TPSA) is 75.6 Å². The van der Waals surface area contributed by atoms with Crippen LogP contribution in [-0.2, 0) is 11.3 Å². The molecular weight excluding hydrogens is 342 g/mol. The highest BCUT2D eigenvalue weighted by atomic mass is 35.5. The Morgan fingerprint density at radius 3 is 2.60 bits per heavy atom. The van der Waals surface area contributed by atoms with Crippen LogP contribution in [0.15, 0.2) is 48.5 Å². The van der Waals surface area contributed by atoms with Crippen LogP contribution in [0.2, 0.25) is 5.02 Å². The van der Waals surface area contributed by atoms with Crippen molar-refractivity contribution in [3.05, 3.63) is 70.2 Å². The lowest BCUT2D eigenvalue weighted by atomic mass is 10.1. The number of hydrogen-bond donors (Lipinski definition) is 2. The van der Waals surface area contributed by atoms with E-state index in [9.17, 15) is 9.59 Å². The second kappa shape index (κ2) is 9.36. The van der Waals surface area contributed by atoms with Gasteiger partial charge in [0.25, 0.3) is 0 Å². The highest BCUT2D eigenvalue weighted by molar-refractivity contribution is 6.33. The molecule has 25 heavy (non-hydrogen) atoms. The Kier molecular flexibility index (Phi) is 6.87. The molecule has 5 nitrogen and oxygen atoms in total. The summed E-state index contributed by atoms with van der Waals surface area (Å²) in [6.07, 6.45) is -0.0712. The Bertz CT molecular complexity index is 809. The quantitative estimate of drug-likeness (QED) is 0.632. The van der Waals surface area contributed by atoms with Crippen molar-refractivity contribution in [3.8, 4) is 11.8 Å². The van der Waals surface area contributed by atoms with E-state index in [1.165, 1.54) is 12.1 Å². The second-order valence-corrected chi connectivity index (χ2v) is 5.45. The zero-order valence-electron chi connectivity index (χ0n) is 13.3. The van der Waals surface area contributed by atoms with Gasteiger partial charge >= 0.3 is 12.1 Å². The molecule has 1 amide bonds. The lowest BCUT2D eigenvalue weighted by Crippen LogP contribution is -2.24. The summed E-state index contributed by atoms with van der Waals surface area (Å²) in [4.78, 5) is 22.4. The first-order chi connectivity index (χ1) is 12.1. The van der Waals surface area contributed by atoms with E-state index in [4.69, 9.17) is 21.4 Å². The third kappa shape index (κ3) is 6.21. The molecule has 2 aromatic rings. The molecule has 2 rings (SSSR count). The molecule has 2 N–H and O–H groups in total. The first-order valence-corrected chi connectivity index (χ1v) is 7.90. The second-order valence-electron chi connectivity index (χ2n) is 5.04. The van der Waals surface area contributed by atoms with Crippen LogP contribution < -0.4 is 5.32 Å². The number of ether oxygens (including phenoxy) is 1. The van der Waals surface area contributed by atoms with Gasteiger partial charge in [0.1, 0.15) is 6.61 Å². The largest absolute Gasteiger partial charge is 0.478 e. The third-order valence-corrected chi connectivity index (χ3v) is 3.48. The molecule has 0 saturated carbocycles. The van der Waals surface area contributed by atoms with E-state index in [0.717, 1.165) is 5.56 Å². The number of carboxylic acid groups (broad SMARTS) is 1. The predicted octanol–water partition coefficient (Wildman–Crippen LogP) is 3.71. The highest BCUT2D eigenvalue weighted by Crippen LogP contribution is 2.17. The van der Waals surface area contributed by atoms with Gasteiger partial charge in [-0.1, -0.05) is 53.8 Å². The van der Waals surface area contributed by atoms with Crippen molar-refractivity contribution in [3.63, 3.8) is 0 Å². The number of halogens is 1. The van der Waals surface area contributed by atoms with Gasteiger partial charge in [-0.2, -0.15) is 0 Å². The molecule has 0 heterocycles. The van der Waals surface area contributed by atoms with Gasteiger partial charge in [-0.05, 0) is 23.8 Å². The minimum absolute atomic E-state index is 0.0371. The maximum atomic E-state index is 11.5. The van der Waals surface area contributed by atoms with Crippen LogP contribution in [0.1, 0.15) is 27.9 Å². The van der Waals surface area contributed by atoms with Crippen LogP contribution in [0.25, 0.3) is 0 Å². The summed E-state index contributed by atoms with van der Waals surface area (Å²) in [5, 5.41) is 11.6. The normalized spacial score (nSPS) is 9.64. The standard InChI is InChI=1S/C19H16ClNO4/c20-17-12-14(9-10-16(17)18(22)23)6-4-5-11-21-19(24)25-13-15-7-2-1-3-8-15/h1-3,7-10,12H,5,11,13H2,(H,21,24)(H,22,23). The van der Waals surface area contributed by atoms with Crippen LogP contribution in [-0.4, -0.2) is 23.7 Å². The average Bonchev–Trinajstić information content (AvgIpc) is 2.60. The Labute approximate surface area is 150 Å². The third-order valence-electron chi connectivity index (χ3n) is 3.16. The first kappa shape index (κ1) is 18.4. The summed E-state index contributed by atoms with van der Waals surface area (Å²) in [6, 6.07) is 13.9. The summed E-state index contributed by atoms with van der Waals surface area (Å²) in [6.45, 7) is 0.564. The molecule has 0 aliphatic carbocycles. The molecule has 0 aromatic heterocycles. The number of carbonyl (C=O) groups excluding carboxylic acids is 1. The minimum Gasteiger partial charge on any atom is -0.478 e. The first-order valence-electron chi connectivity index (χ1n) is 7.52. The molecular formula is C19H16ClNO4. The van der Waals surface area contributed by atoms with Crippen LogP contribution >= 0.6 is 11.6 Å². The van der Waals surface area contributed by atoms with E-state index in [2.05, 4.69) is 17.2 Å². The molecule has 0 aliphatic rings. The predicted molar refractivity (Wildman–Crippen MR) is 94.5 cm³/mol. The van der Waals surface area contributed by atoms with Crippen molar-refractivity contribution in [1.82, 2.24) is 5.32 Å². The zero-order chi connectivity index (χ0) is 18.1. The lowest BCUT2D eigenvalue weighted by Gasteiger charge is -2.05. The number of carboxylic acids is 1. The van der Waals surface area contributed by atoms with Gasteiger partial charge in [0.15, 0.2) is 0 Å². The van der Waals surface area contributed by atoms with Gasteiger partial charge in [-0.15, -0.1) is 0 Å². The zero-order valence-corrected chi connectivity index (χ0v) is 14.0. The Morgan fingerprint density at radius 2 is 1.92 bits per heavy atom. The molecule has 6 heteroatoms. The monoisotopic (exact) mass is 357 g/mol. The number of hydrogen-bond acceptors (Lipinski definition) is 3. The van der Waals surface area contributed by atoms with Crippen molar-refractivity contribution >= 4 is 23.7 Å². The number of benzene rings is 2. The molecule has 0 aliphatic heterocycles. The van der Waals surface area contributed by atoms with Gasteiger partial charge in [0.05, 0.1) is 10.6 Å². The fraction of sp³-hybridized carbons (Fsp3) is 0.158. The van der Waals surface area contributed by atoms with Crippen LogP contribution in [0.3, 0.4) is 0 Å². The van der Waals surface area contributed by atoms with Crippen LogP contribution in [0.4, 0.5) is 4.79 Å². The van der Waals surface area contributed by atoms with E-state index in [1.807, 2.05) is 30.3 Å². The Hall–Kier alpha value is -2.97. The fourth-order valence-corrected chi connectivity index (χ4v) is 2.19.